The number of fused-ring (bicyclic) bond motifs is 2. The van der Waals surface area contributed by atoms with Gasteiger partial charge in [-0.2, -0.15) is 0 Å². The molecule has 2 nitrogen and oxygen atoms in total. The van der Waals surface area contributed by atoms with Gasteiger partial charge in [-0.1, -0.05) is 24.1 Å². The summed E-state index contributed by atoms with van der Waals surface area (Å²) in [6, 6.07) is 4.06. The molecule has 0 spiro atoms. The summed E-state index contributed by atoms with van der Waals surface area (Å²) in [5.41, 5.74) is 3.56. The maximum atomic E-state index is 6.29. The molecule has 0 bridgehead atoms. The Morgan fingerprint density at radius 1 is 1.24 bits per heavy atom. The van der Waals surface area contributed by atoms with Crippen molar-refractivity contribution in [2.45, 2.75) is 39.2 Å². The quantitative estimate of drug-likeness (QED) is 0.676. The molecule has 1 fully saturated rings. The summed E-state index contributed by atoms with van der Waals surface area (Å²) in [4.78, 5) is 7.25. The van der Waals surface area contributed by atoms with Gasteiger partial charge < -0.3 is 4.90 Å². The van der Waals surface area contributed by atoms with Gasteiger partial charge in [0.1, 0.15) is 5.84 Å². The SMILES string of the molecule is Cc1ccc(Cl)c2c1N=C1CCCCCN1C2. The summed E-state index contributed by atoms with van der Waals surface area (Å²) in [5, 5.41) is 0.859. The normalized spacial score (nSPS) is 19.2. The van der Waals surface area contributed by atoms with E-state index < -0.39 is 0 Å². The minimum atomic E-state index is 0.859. The van der Waals surface area contributed by atoms with Gasteiger partial charge in [-0.3, -0.25) is 0 Å². The van der Waals surface area contributed by atoms with E-state index in [4.69, 9.17) is 16.6 Å². The fraction of sp³-hybridized carbons (Fsp3) is 0.500. The van der Waals surface area contributed by atoms with E-state index in [0.717, 1.165) is 30.2 Å². The Bertz CT molecular complexity index is 479. The van der Waals surface area contributed by atoms with Crippen molar-refractivity contribution < 1.29 is 0 Å². The molecule has 2 aliphatic heterocycles. The molecule has 0 unspecified atom stereocenters. The molecule has 90 valence electrons. The van der Waals surface area contributed by atoms with E-state index >= 15 is 0 Å². The van der Waals surface area contributed by atoms with E-state index in [2.05, 4.69) is 17.9 Å². The molecule has 1 saturated heterocycles. The highest BCUT2D eigenvalue weighted by Gasteiger charge is 2.23. The Hall–Kier alpha value is -1.02. The fourth-order valence-electron chi connectivity index (χ4n) is 2.70. The number of benzene rings is 1. The predicted octanol–water partition coefficient (Wildman–Crippen LogP) is 4.07. The number of rotatable bonds is 0. The van der Waals surface area contributed by atoms with E-state index in [0.29, 0.717) is 0 Å². The van der Waals surface area contributed by atoms with Crippen molar-refractivity contribution in [1.29, 1.82) is 0 Å². The molecule has 0 atom stereocenters. The lowest BCUT2D eigenvalue weighted by molar-refractivity contribution is 0.403. The molecule has 0 aromatic heterocycles. The second-order valence-corrected chi connectivity index (χ2v) is 5.36. The number of nitrogens with zero attached hydrogens (tertiary/aromatic N) is 2. The number of halogens is 1. The zero-order chi connectivity index (χ0) is 11.8. The van der Waals surface area contributed by atoms with Crippen molar-refractivity contribution in [2.75, 3.05) is 6.54 Å². The number of aliphatic imine (C=N–C) groups is 1. The maximum Gasteiger partial charge on any atom is 0.105 e. The Labute approximate surface area is 107 Å². The molecular weight excluding hydrogens is 232 g/mol. The van der Waals surface area contributed by atoms with Crippen LogP contribution >= 0.6 is 11.6 Å². The molecule has 17 heavy (non-hydrogen) atoms. The summed E-state index contributed by atoms with van der Waals surface area (Å²) in [6.45, 7) is 4.18. The largest absolute Gasteiger partial charge is 0.356 e. The first-order valence-electron chi connectivity index (χ1n) is 6.36. The van der Waals surface area contributed by atoms with Crippen LogP contribution in [0.3, 0.4) is 0 Å². The number of amidine groups is 1. The molecule has 1 aromatic rings. The van der Waals surface area contributed by atoms with E-state index in [-0.39, 0.29) is 0 Å². The number of hydrogen-bond acceptors (Lipinski definition) is 2. The molecule has 0 aliphatic carbocycles. The second kappa shape index (κ2) is 4.34. The fourth-order valence-corrected chi connectivity index (χ4v) is 2.91. The molecule has 3 heteroatoms. The van der Waals surface area contributed by atoms with Crippen LogP contribution in [0.15, 0.2) is 17.1 Å². The highest BCUT2D eigenvalue weighted by molar-refractivity contribution is 6.31. The summed E-state index contributed by atoms with van der Waals surface area (Å²) in [6.07, 6.45) is 4.98. The predicted molar refractivity (Wildman–Crippen MR) is 72.2 cm³/mol. The second-order valence-electron chi connectivity index (χ2n) is 4.95. The van der Waals surface area contributed by atoms with Gasteiger partial charge in [0.05, 0.1) is 5.69 Å². The van der Waals surface area contributed by atoms with Gasteiger partial charge in [0.15, 0.2) is 0 Å². The number of hydrogen-bond donors (Lipinski definition) is 0. The molecule has 0 N–H and O–H groups in total. The van der Waals surface area contributed by atoms with Gasteiger partial charge in [-0.25, -0.2) is 4.99 Å². The molecule has 2 aliphatic rings. The highest BCUT2D eigenvalue weighted by Crippen LogP contribution is 2.36. The lowest BCUT2D eigenvalue weighted by Gasteiger charge is -2.30. The highest BCUT2D eigenvalue weighted by atomic mass is 35.5. The van der Waals surface area contributed by atoms with Crippen LogP contribution in [0.2, 0.25) is 5.02 Å². The lowest BCUT2D eigenvalue weighted by Crippen LogP contribution is -2.32. The van der Waals surface area contributed by atoms with E-state index in [1.807, 2.05) is 6.07 Å². The van der Waals surface area contributed by atoms with Crippen LogP contribution in [0.5, 0.6) is 0 Å². The average molecular weight is 249 g/mol. The van der Waals surface area contributed by atoms with E-state index in [1.165, 1.54) is 36.2 Å². The maximum absolute atomic E-state index is 6.29. The van der Waals surface area contributed by atoms with Crippen LogP contribution in [0.1, 0.15) is 36.8 Å². The van der Waals surface area contributed by atoms with E-state index in [1.54, 1.807) is 0 Å². The van der Waals surface area contributed by atoms with E-state index in [9.17, 15) is 0 Å². The zero-order valence-corrected chi connectivity index (χ0v) is 10.9. The van der Waals surface area contributed by atoms with Crippen LogP contribution in [0.4, 0.5) is 5.69 Å². The molecular formula is C14H17ClN2. The molecule has 1 aromatic carbocycles. The van der Waals surface area contributed by atoms with Crippen LogP contribution in [-0.4, -0.2) is 17.3 Å². The third-order valence-electron chi connectivity index (χ3n) is 3.71. The molecule has 0 amide bonds. The molecule has 3 rings (SSSR count). The van der Waals surface area contributed by atoms with Gasteiger partial charge >= 0.3 is 0 Å². The average Bonchev–Trinajstić information content (AvgIpc) is 2.57. The van der Waals surface area contributed by atoms with Crippen LogP contribution in [-0.2, 0) is 6.54 Å². The van der Waals surface area contributed by atoms with Gasteiger partial charge in [0, 0.05) is 30.1 Å². The third kappa shape index (κ3) is 1.95. The Balaban J connectivity index is 2.08. The monoisotopic (exact) mass is 248 g/mol. The van der Waals surface area contributed by atoms with Crippen molar-refractivity contribution in [1.82, 2.24) is 4.90 Å². The zero-order valence-electron chi connectivity index (χ0n) is 10.2. The van der Waals surface area contributed by atoms with Gasteiger partial charge in [0.2, 0.25) is 0 Å². The van der Waals surface area contributed by atoms with Gasteiger partial charge in [-0.05, 0) is 31.4 Å². The first-order chi connectivity index (χ1) is 8.25. The molecule has 0 saturated carbocycles. The first-order valence-corrected chi connectivity index (χ1v) is 6.74. The summed E-state index contributed by atoms with van der Waals surface area (Å²) in [5.74, 6) is 1.26. The molecule has 2 heterocycles. The van der Waals surface area contributed by atoms with Crippen molar-refractivity contribution >= 4 is 23.1 Å². The summed E-state index contributed by atoms with van der Waals surface area (Å²) >= 11 is 6.29. The lowest BCUT2D eigenvalue weighted by atomic mass is 10.1. The first kappa shape index (κ1) is 11.1. The van der Waals surface area contributed by atoms with Crippen LogP contribution in [0.25, 0.3) is 0 Å². The van der Waals surface area contributed by atoms with Gasteiger partial charge in [-0.15, -0.1) is 0 Å². The van der Waals surface area contributed by atoms with Crippen molar-refractivity contribution in [3.63, 3.8) is 0 Å². The minimum Gasteiger partial charge on any atom is -0.356 e. The smallest absolute Gasteiger partial charge is 0.105 e. The van der Waals surface area contributed by atoms with Crippen LogP contribution < -0.4 is 0 Å². The Morgan fingerprint density at radius 3 is 3.00 bits per heavy atom. The van der Waals surface area contributed by atoms with Crippen molar-refractivity contribution in [2.24, 2.45) is 4.99 Å². The van der Waals surface area contributed by atoms with Crippen molar-refractivity contribution in [3.8, 4) is 0 Å². The minimum absolute atomic E-state index is 0.859. The Kier molecular flexibility index (Phi) is 2.83. The topological polar surface area (TPSA) is 15.6 Å². The number of aryl methyl sites for hydroxylation is 1. The third-order valence-corrected chi connectivity index (χ3v) is 4.06. The van der Waals surface area contributed by atoms with Gasteiger partial charge in [0.25, 0.3) is 0 Å². The summed E-state index contributed by atoms with van der Waals surface area (Å²) < 4.78 is 0. The Morgan fingerprint density at radius 2 is 2.12 bits per heavy atom. The molecule has 0 radical (unpaired) electrons. The summed E-state index contributed by atoms with van der Waals surface area (Å²) in [7, 11) is 0. The standard InChI is InChI=1S/C14H17ClN2/c1-10-6-7-12(15)11-9-17-8-4-2-3-5-13(17)16-14(10)11/h6-7H,2-5,8-9H2,1H3. The van der Waals surface area contributed by atoms with Crippen molar-refractivity contribution in [3.05, 3.63) is 28.3 Å². The van der Waals surface area contributed by atoms with Crippen LogP contribution in [0, 0.1) is 6.92 Å².